The summed E-state index contributed by atoms with van der Waals surface area (Å²) in [7, 11) is 1.69. The van der Waals surface area contributed by atoms with E-state index in [0.717, 1.165) is 33.5 Å². The average Bonchev–Trinajstić information content (AvgIpc) is 3.43. The van der Waals surface area contributed by atoms with Crippen LogP contribution in [0.5, 0.6) is 0 Å². The topological polar surface area (TPSA) is 93.9 Å². The molecule has 2 N–H and O–H groups in total. The second-order valence-corrected chi connectivity index (χ2v) is 9.81. The van der Waals surface area contributed by atoms with Crippen molar-refractivity contribution in [1.29, 1.82) is 0 Å². The average molecular weight is 511 g/mol. The van der Waals surface area contributed by atoms with Crippen LogP contribution in [0.15, 0.2) is 34.9 Å². The van der Waals surface area contributed by atoms with Crippen molar-refractivity contribution in [3.8, 4) is 0 Å². The summed E-state index contributed by atoms with van der Waals surface area (Å²) in [5, 5.41) is 14.7. The predicted molar refractivity (Wildman–Crippen MR) is 140 cm³/mol. The van der Waals surface area contributed by atoms with Gasteiger partial charge in [0.2, 0.25) is 5.91 Å². The lowest BCUT2D eigenvalue weighted by Crippen LogP contribution is -2.47. The molecule has 10 heteroatoms. The minimum Gasteiger partial charge on any atom is -0.356 e. The van der Waals surface area contributed by atoms with E-state index in [0.29, 0.717) is 37.8 Å². The highest BCUT2D eigenvalue weighted by atomic mass is 19.1. The number of aryl methyl sites for hydroxylation is 2. The first kappa shape index (κ1) is 26.7. The van der Waals surface area contributed by atoms with Crippen molar-refractivity contribution in [3.63, 3.8) is 0 Å². The fraction of sp³-hybridized carbons (Fsp3) is 0.444. The molecule has 3 aromatic rings. The maximum Gasteiger partial charge on any atom is 0.250 e. The number of nitrogens with one attached hydrogen (secondary N) is 2. The predicted octanol–water partition coefficient (Wildman–Crippen LogP) is 2.89. The molecule has 4 rings (SSSR count). The number of anilines is 1. The Balaban J connectivity index is 1.38. The molecule has 0 atom stereocenters. The number of nitrogens with zero attached hydrogens (tertiary/aromatic N) is 4. The van der Waals surface area contributed by atoms with Crippen LogP contribution in [0.25, 0.3) is 11.0 Å². The Kier molecular flexibility index (Phi) is 8.21. The number of halogens is 1. The van der Waals surface area contributed by atoms with Gasteiger partial charge in [-0.2, -0.15) is 0 Å². The number of rotatable bonds is 10. The molecule has 37 heavy (non-hydrogen) atoms. The first-order valence-corrected chi connectivity index (χ1v) is 12.5. The van der Waals surface area contributed by atoms with Gasteiger partial charge < -0.3 is 14.7 Å². The van der Waals surface area contributed by atoms with E-state index in [4.69, 9.17) is 4.52 Å². The van der Waals surface area contributed by atoms with Crippen LogP contribution >= 0.6 is 0 Å². The van der Waals surface area contributed by atoms with Gasteiger partial charge in [0, 0.05) is 50.3 Å². The number of hydrogen-bond donors (Lipinski definition) is 2. The van der Waals surface area contributed by atoms with E-state index in [1.165, 1.54) is 17.1 Å². The molecule has 1 aromatic heterocycles. The van der Waals surface area contributed by atoms with E-state index < -0.39 is 0 Å². The molecule has 0 saturated carbocycles. The first-order chi connectivity index (χ1) is 17.6. The maximum atomic E-state index is 13.5. The number of hydrazine groups is 1. The Morgan fingerprint density at radius 1 is 1.11 bits per heavy atom. The number of aromatic nitrogens is 1. The van der Waals surface area contributed by atoms with Gasteiger partial charge in [-0.1, -0.05) is 25.1 Å². The smallest absolute Gasteiger partial charge is 0.250 e. The quantitative estimate of drug-likeness (QED) is 0.433. The summed E-state index contributed by atoms with van der Waals surface area (Å²) in [5.41, 5.74) is 5.03. The highest BCUT2D eigenvalue weighted by Gasteiger charge is 2.26. The zero-order valence-corrected chi connectivity index (χ0v) is 22.1. The number of likely N-dealkylation sites (N-methyl/N-ethyl adjacent to an activating group) is 1. The summed E-state index contributed by atoms with van der Waals surface area (Å²) < 4.78 is 18.9. The summed E-state index contributed by atoms with van der Waals surface area (Å²) in [4.78, 5) is 27.9. The van der Waals surface area contributed by atoms with Crippen molar-refractivity contribution < 1.29 is 18.5 Å². The van der Waals surface area contributed by atoms with Crippen molar-refractivity contribution >= 4 is 28.5 Å². The first-order valence-electron chi connectivity index (χ1n) is 12.5. The fourth-order valence-corrected chi connectivity index (χ4v) is 4.53. The third-order valence-electron chi connectivity index (χ3n) is 6.66. The normalized spacial score (nSPS) is 13.4. The zero-order valence-electron chi connectivity index (χ0n) is 22.1. The van der Waals surface area contributed by atoms with E-state index in [1.807, 2.05) is 31.0 Å². The van der Waals surface area contributed by atoms with E-state index >= 15 is 0 Å². The van der Waals surface area contributed by atoms with Crippen LogP contribution < -0.4 is 15.5 Å². The third kappa shape index (κ3) is 6.15. The van der Waals surface area contributed by atoms with Crippen molar-refractivity contribution in [2.24, 2.45) is 0 Å². The van der Waals surface area contributed by atoms with Gasteiger partial charge in [-0.15, -0.1) is 0 Å². The summed E-state index contributed by atoms with van der Waals surface area (Å²) in [6.45, 7) is 10.0. The third-order valence-corrected chi connectivity index (χ3v) is 6.66. The molecule has 1 aliphatic heterocycles. The zero-order chi connectivity index (χ0) is 26.7. The van der Waals surface area contributed by atoms with E-state index in [1.54, 1.807) is 18.0 Å². The minimum atomic E-state index is -0.281. The molecule has 198 valence electrons. The van der Waals surface area contributed by atoms with E-state index in [-0.39, 0.29) is 30.7 Å². The lowest BCUT2D eigenvalue weighted by atomic mass is 10.1. The molecule has 2 aromatic carbocycles. The van der Waals surface area contributed by atoms with Crippen LogP contribution in [-0.2, 0) is 22.7 Å². The maximum absolute atomic E-state index is 13.5. The van der Waals surface area contributed by atoms with Crippen LogP contribution in [0.2, 0.25) is 0 Å². The Hall–Kier alpha value is -3.34. The van der Waals surface area contributed by atoms with Crippen LogP contribution in [0, 0.1) is 19.7 Å². The number of benzene rings is 2. The molecule has 9 nitrogen and oxygen atoms in total. The molecular formula is C27H35FN6O3. The number of hydrogen-bond acceptors (Lipinski definition) is 7. The summed E-state index contributed by atoms with van der Waals surface area (Å²) >= 11 is 0. The Bertz CT molecular complexity index is 1290. The minimum absolute atomic E-state index is 0.00427. The Morgan fingerprint density at radius 2 is 1.84 bits per heavy atom. The number of fused-ring (bicyclic) bond motifs is 2. The molecule has 0 fully saturated rings. The van der Waals surface area contributed by atoms with Crippen molar-refractivity contribution in [2.75, 3.05) is 38.1 Å². The summed E-state index contributed by atoms with van der Waals surface area (Å²) in [6, 6.07) is 8.82. The van der Waals surface area contributed by atoms with Crippen molar-refractivity contribution in [3.05, 3.63) is 58.5 Å². The molecule has 0 spiro atoms. The van der Waals surface area contributed by atoms with Crippen LogP contribution in [0.4, 0.5) is 10.1 Å². The second-order valence-electron chi connectivity index (χ2n) is 9.81. The van der Waals surface area contributed by atoms with Gasteiger partial charge in [-0.25, -0.2) is 9.40 Å². The second kappa shape index (κ2) is 11.4. The van der Waals surface area contributed by atoms with E-state index in [2.05, 4.69) is 29.6 Å². The lowest BCUT2D eigenvalue weighted by molar-refractivity contribution is -0.145. The van der Waals surface area contributed by atoms with Gasteiger partial charge in [0.25, 0.3) is 5.91 Å². The summed E-state index contributed by atoms with van der Waals surface area (Å²) in [6.07, 6.45) is 0. The van der Waals surface area contributed by atoms with Gasteiger partial charge in [-0.05, 0) is 54.8 Å². The Labute approximate surface area is 216 Å². The molecule has 0 unspecified atom stereocenters. The van der Waals surface area contributed by atoms with Crippen molar-refractivity contribution in [2.45, 2.75) is 46.8 Å². The molecule has 0 saturated heterocycles. The highest BCUT2D eigenvalue weighted by molar-refractivity contribution is 5.98. The van der Waals surface area contributed by atoms with Crippen LogP contribution in [0.3, 0.4) is 0 Å². The molecule has 0 bridgehead atoms. The molecule has 2 heterocycles. The van der Waals surface area contributed by atoms with Crippen LogP contribution in [-0.4, -0.2) is 66.3 Å². The Morgan fingerprint density at radius 3 is 2.59 bits per heavy atom. The largest absolute Gasteiger partial charge is 0.356 e. The lowest BCUT2D eigenvalue weighted by Gasteiger charge is -2.28. The highest BCUT2D eigenvalue weighted by Crippen LogP contribution is 2.29. The SMILES string of the molecule is Cc1cc2onc(C)c2cc1N(CCNC(C)C)C(=O)CNCC(=O)N(C)N1Cc2ccc(F)cc2C1. The van der Waals surface area contributed by atoms with Gasteiger partial charge in [0.15, 0.2) is 5.58 Å². The number of carbonyl (C=O) groups is 2. The standard InChI is InChI=1S/C27H35FN6O3/c1-17(2)30-8-9-34(24-12-23-19(4)31-37-25(23)10-18(24)3)27(36)14-29-13-26(35)32(5)33-15-20-6-7-22(28)11-21(20)16-33/h6-7,10-12,17,29-30H,8-9,13-16H2,1-5H3. The summed E-state index contributed by atoms with van der Waals surface area (Å²) in [5.74, 6) is -0.593. The molecule has 0 aliphatic carbocycles. The van der Waals surface area contributed by atoms with Gasteiger partial charge in [0.05, 0.1) is 18.8 Å². The molecule has 0 radical (unpaired) electrons. The van der Waals surface area contributed by atoms with Gasteiger partial charge in [0.1, 0.15) is 5.82 Å². The monoisotopic (exact) mass is 510 g/mol. The number of carbonyl (C=O) groups excluding carboxylic acids is 2. The van der Waals surface area contributed by atoms with Gasteiger partial charge >= 0.3 is 0 Å². The van der Waals surface area contributed by atoms with Crippen LogP contribution in [0.1, 0.15) is 36.2 Å². The fourth-order valence-electron chi connectivity index (χ4n) is 4.53. The molecule has 1 aliphatic rings. The van der Waals surface area contributed by atoms with Gasteiger partial charge in [-0.3, -0.25) is 19.9 Å². The number of amides is 2. The molecule has 2 amide bonds. The van der Waals surface area contributed by atoms with Crippen molar-refractivity contribution in [1.82, 2.24) is 25.8 Å². The molecular weight excluding hydrogens is 475 g/mol. The van der Waals surface area contributed by atoms with E-state index in [9.17, 15) is 14.0 Å².